The first-order chi connectivity index (χ1) is 71.2. The topological polar surface area (TPSA) is 300 Å². The van der Waals surface area contributed by atoms with Gasteiger partial charge in [-0.3, -0.25) is 55.9 Å². The zero-order valence-corrected chi connectivity index (χ0v) is 87.1. The molecule has 33 nitrogen and oxygen atoms in total. The molecule has 0 radical (unpaired) electrons. The number of rotatable bonds is 12. The smallest absolute Gasteiger partial charge is 0.258 e. The molecule has 26 rings (SSSR count). The van der Waals surface area contributed by atoms with Gasteiger partial charge < -0.3 is 54.0 Å². The van der Waals surface area contributed by atoms with Gasteiger partial charge in [-0.2, -0.15) is 5.10 Å². The van der Waals surface area contributed by atoms with Crippen LogP contribution in [0.15, 0.2) is 225 Å². The lowest BCUT2D eigenvalue weighted by molar-refractivity contribution is 0.231. The SMILES string of the molecule is COc1ccc(-c2cc(=O)n3cc(N4C[C@H]5CNC[C@H]5C4)cc(C)c3n2)cc1OC.Cc1cn2nc(-c3cc(=O)n4cc(N5CCN(C)[C@@H](C)C5)ccc4n3)cc2c(C)n1.Cc1nc2ccc(-c3cc(=O)n4cc(N5CCCN(C)CC5)ccc4n3)cc2s1.Cc1nc2ccc(-c3cc(=O)n4cc(N5CCN(C)CC5)ccc4n3)cc2s1.Cc1nc2ccc(-c3cc(=O)n4cc(N5CCN6CCC[C@H]6C5)ccc4n3)cc2s1. The Balaban J connectivity index is 0.000000104. The Morgan fingerprint density at radius 1 is 0.354 bits per heavy atom. The molecule has 0 aliphatic carbocycles. The number of hydrogen-bond donors (Lipinski definition) is 1. The molecular weight excluding hydrogens is 1910 g/mol. The first kappa shape index (κ1) is 97.1. The van der Waals surface area contributed by atoms with E-state index in [1.165, 1.54) is 19.4 Å². The van der Waals surface area contributed by atoms with Crippen LogP contribution in [-0.2, 0) is 0 Å². The third-order valence-corrected chi connectivity index (χ3v) is 32.4. The maximum atomic E-state index is 13.0. The second kappa shape index (κ2) is 41.0. The van der Waals surface area contributed by atoms with E-state index >= 15 is 0 Å². The quantitative estimate of drug-likeness (QED) is 0.119. The van der Waals surface area contributed by atoms with Crippen molar-refractivity contribution < 1.29 is 9.47 Å². The minimum absolute atomic E-state index is 0.0445. The normalized spacial score (nSPS) is 17.9. The van der Waals surface area contributed by atoms with E-state index in [0.29, 0.717) is 97.8 Å². The number of nitrogens with zero attached hydrogens (tertiary/aromatic N) is 25. The predicted octanol–water partition coefficient (Wildman–Crippen LogP) is 14.5. The highest BCUT2D eigenvalue weighted by Gasteiger charge is 2.37. The summed E-state index contributed by atoms with van der Waals surface area (Å²) < 4.78 is 24.1. The molecule has 0 saturated carbocycles. The molecule has 7 saturated heterocycles. The minimum Gasteiger partial charge on any atom is -0.493 e. The Bertz CT molecular complexity index is 8600. The number of fused-ring (bicyclic) bond motifs is 11. The van der Waals surface area contributed by atoms with Crippen LogP contribution in [-0.4, -0.2) is 268 Å². The van der Waals surface area contributed by atoms with E-state index < -0.39 is 0 Å². The third-order valence-electron chi connectivity index (χ3n) is 29.6. The van der Waals surface area contributed by atoms with Gasteiger partial charge >= 0.3 is 0 Å². The first-order valence-corrected chi connectivity index (χ1v) is 52.8. The van der Waals surface area contributed by atoms with Crippen molar-refractivity contribution in [2.45, 2.75) is 79.8 Å². The van der Waals surface area contributed by atoms with E-state index in [4.69, 9.17) is 34.4 Å². The summed E-state index contributed by atoms with van der Waals surface area (Å²) in [5.74, 6) is 2.65. The van der Waals surface area contributed by atoms with Gasteiger partial charge in [-0.05, 0) is 235 Å². The number of ether oxygens (including phenoxy) is 2. The Labute approximate surface area is 860 Å². The van der Waals surface area contributed by atoms with Crippen LogP contribution in [0.5, 0.6) is 11.5 Å². The van der Waals surface area contributed by atoms with Gasteiger partial charge in [0.15, 0.2) is 11.5 Å². The zero-order chi connectivity index (χ0) is 101. The summed E-state index contributed by atoms with van der Waals surface area (Å²) in [7, 11) is 9.64. The maximum absolute atomic E-state index is 13.0. The molecule has 7 fully saturated rings. The number of thiazole rings is 3. The number of anilines is 5. The van der Waals surface area contributed by atoms with Crippen LogP contribution in [0.25, 0.3) is 121 Å². The molecule has 0 bridgehead atoms. The molecule has 4 aromatic carbocycles. The number of methoxy groups -OCH3 is 2. The molecule has 1 N–H and O–H groups in total. The van der Waals surface area contributed by atoms with E-state index in [-0.39, 0.29) is 27.8 Å². The molecule has 0 unspecified atom stereocenters. The fourth-order valence-corrected chi connectivity index (χ4v) is 23.9. The Hall–Kier alpha value is -14.6. The lowest BCUT2D eigenvalue weighted by atomic mass is 10.0. The Morgan fingerprint density at radius 2 is 0.789 bits per heavy atom. The van der Waals surface area contributed by atoms with Crippen LogP contribution in [0.2, 0.25) is 0 Å². The second-order valence-electron chi connectivity index (χ2n) is 39.6. The average molecular weight is 2020 g/mol. The number of nitrogens with one attached hydrogen (secondary N) is 1. The van der Waals surface area contributed by atoms with Gasteiger partial charge in [-0.25, -0.2) is 44.4 Å². The van der Waals surface area contributed by atoms with Crippen molar-refractivity contribution in [1.82, 2.24) is 101 Å². The van der Waals surface area contributed by atoms with E-state index in [1.54, 1.807) is 105 Å². The summed E-state index contributed by atoms with van der Waals surface area (Å²) in [5.41, 5.74) is 22.6. The molecule has 19 aromatic rings. The van der Waals surface area contributed by atoms with Gasteiger partial charge in [0.25, 0.3) is 27.8 Å². The summed E-state index contributed by atoms with van der Waals surface area (Å²) >= 11 is 4.97. The van der Waals surface area contributed by atoms with Gasteiger partial charge in [0, 0.05) is 207 Å². The predicted molar refractivity (Wildman–Crippen MR) is 589 cm³/mol. The molecule has 22 heterocycles. The fourth-order valence-electron chi connectivity index (χ4n) is 21.3. The molecule has 7 aliphatic rings. The average Bonchev–Trinajstić information content (AvgIpc) is 1.24. The lowest BCUT2D eigenvalue weighted by Crippen LogP contribution is -2.50. The van der Waals surface area contributed by atoms with Crippen LogP contribution in [0.1, 0.15) is 58.2 Å². The van der Waals surface area contributed by atoms with Crippen LogP contribution < -0.4 is 67.1 Å². The van der Waals surface area contributed by atoms with Crippen molar-refractivity contribution >= 4 is 127 Å². The minimum atomic E-state index is -0.109. The molecule has 15 aromatic heterocycles. The van der Waals surface area contributed by atoms with Crippen LogP contribution in [0, 0.1) is 53.4 Å². The maximum Gasteiger partial charge on any atom is 0.258 e. The van der Waals surface area contributed by atoms with E-state index in [1.807, 2.05) is 170 Å². The molecular formula is C111H118N26O7S3. The van der Waals surface area contributed by atoms with Crippen LogP contribution in [0.4, 0.5) is 28.4 Å². The highest BCUT2D eigenvalue weighted by molar-refractivity contribution is 7.19. The van der Waals surface area contributed by atoms with Crippen molar-refractivity contribution in [2.75, 3.05) is 184 Å². The molecule has 36 heteroatoms. The van der Waals surface area contributed by atoms with Gasteiger partial charge in [0.2, 0.25) is 0 Å². The Kier molecular flexibility index (Phi) is 27.1. The number of benzene rings is 4. The highest BCUT2D eigenvalue weighted by Crippen LogP contribution is 2.38. The number of aryl methyl sites for hydroxylation is 6. The third kappa shape index (κ3) is 20.4. The van der Waals surface area contributed by atoms with Crippen LogP contribution in [0.3, 0.4) is 0 Å². The molecule has 147 heavy (non-hydrogen) atoms. The molecule has 0 spiro atoms. The van der Waals surface area contributed by atoms with Gasteiger partial charge in [0.05, 0.1) is 140 Å². The van der Waals surface area contributed by atoms with Gasteiger partial charge in [0.1, 0.15) is 33.9 Å². The monoisotopic (exact) mass is 2020 g/mol. The second-order valence-corrected chi connectivity index (χ2v) is 43.4. The van der Waals surface area contributed by atoms with Crippen molar-refractivity contribution in [3.8, 4) is 67.9 Å². The number of pyridine rings is 5. The highest BCUT2D eigenvalue weighted by atomic mass is 32.1. The van der Waals surface area contributed by atoms with Crippen molar-refractivity contribution in [3.05, 3.63) is 285 Å². The summed E-state index contributed by atoms with van der Waals surface area (Å²) in [4.78, 5) is 128. The standard InChI is InChI=1S/C23H23N5OS.C23H26N4O3.C22H25N7O.C22H23N5OS.C21H21N5OS/c1-15-24-19-6-4-16(11-21(19)30-15)20-12-23(29)28-14-18(5-7-22(28)25-20)27-10-9-26-8-2-3-17(26)13-27;1-14-6-18(26-11-16-9-24-10-17(16)12-26)13-27-22(28)8-19(25-23(14)27)15-4-5-20(29-2)21(7-15)30-3;1-14-11-29-20(16(3)23-14)9-19(25-29)18-10-22(30)28-13-17(5-6-21(28)24-18)27-8-7-26(4)15(2)12-27;1-15-23-18-6-4-16(12-20(18)29-15)19-13-22(28)27-14-17(5-7-21(27)24-19)26-9-3-8-25(2)10-11-26;1-14-22-17-5-3-15(11-19(17)28-14)18-12-21(27)26-13-16(4-6-20(26)23-18)25-9-7-24(2)8-10-25/h4-7,11-12,14,17H,2-3,8-10,13H2,1H3;4-8,13,16-17,24H,9-12H2,1-3H3;5-6,9-11,13,15H,7-8,12H2,1-4H3;4-7,12-14H,3,8-11H2,1-2H3;3-6,11-13H,7-10H2,1-2H3/t17-;16-,17+;15-;;/m0.0../s1. The zero-order valence-electron chi connectivity index (χ0n) is 84.7. The Morgan fingerprint density at radius 3 is 1.30 bits per heavy atom. The summed E-state index contributed by atoms with van der Waals surface area (Å²) in [5, 5.41) is 11.2. The van der Waals surface area contributed by atoms with Crippen LogP contribution >= 0.6 is 34.0 Å². The number of hydrogen-bond acceptors (Lipinski definition) is 30. The lowest BCUT2D eigenvalue weighted by Gasteiger charge is -2.39. The van der Waals surface area contributed by atoms with E-state index in [9.17, 15) is 24.0 Å². The molecule has 4 atom stereocenters. The number of likely N-dealkylation sites (N-methyl/N-ethyl adjacent to an activating group) is 3. The number of piperazine rings is 3. The summed E-state index contributed by atoms with van der Waals surface area (Å²) in [6.45, 7) is 33.8. The molecule has 0 amide bonds. The first-order valence-electron chi connectivity index (χ1n) is 50.4. The van der Waals surface area contributed by atoms with E-state index in [0.717, 1.165) is 243 Å². The van der Waals surface area contributed by atoms with E-state index in [2.05, 4.69) is 145 Å². The number of aromatic nitrogens is 16. The summed E-state index contributed by atoms with van der Waals surface area (Å²) in [6.07, 6.45) is 15.2. The summed E-state index contributed by atoms with van der Waals surface area (Å²) in [6, 6.07) is 53.0. The fraction of sp³-hybridized carbons (Fsp3) is 0.342. The largest absolute Gasteiger partial charge is 0.493 e. The van der Waals surface area contributed by atoms with Gasteiger partial charge in [-0.1, -0.05) is 18.2 Å². The van der Waals surface area contributed by atoms with Crippen molar-refractivity contribution in [2.24, 2.45) is 11.8 Å². The van der Waals surface area contributed by atoms with Gasteiger partial charge in [-0.15, -0.1) is 34.0 Å². The van der Waals surface area contributed by atoms with Crippen molar-refractivity contribution in [3.63, 3.8) is 0 Å². The van der Waals surface area contributed by atoms with Crippen molar-refractivity contribution in [1.29, 1.82) is 0 Å². The molecule has 7 aliphatic heterocycles. The molecule has 752 valence electrons.